The van der Waals surface area contributed by atoms with E-state index in [2.05, 4.69) is 5.10 Å². The fourth-order valence-electron chi connectivity index (χ4n) is 1.32. The topological polar surface area (TPSA) is 69.9 Å². The Morgan fingerprint density at radius 3 is 2.47 bits per heavy atom. The van der Waals surface area contributed by atoms with Crippen molar-refractivity contribution in [3.63, 3.8) is 0 Å². The molecule has 0 radical (unpaired) electrons. The van der Waals surface area contributed by atoms with Crippen molar-refractivity contribution in [1.29, 1.82) is 0 Å². The Morgan fingerprint density at radius 1 is 1.27 bits per heavy atom. The third-order valence-corrected chi connectivity index (χ3v) is 2.29. The number of nitrogens with two attached hydrogens (primary N) is 2. The van der Waals surface area contributed by atoms with Crippen molar-refractivity contribution in [3.8, 4) is 5.69 Å². The van der Waals surface area contributed by atoms with Gasteiger partial charge >= 0.3 is 0 Å². The van der Waals surface area contributed by atoms with Gasteiger partial charge in [-0.25, -0.2) is 4.68 Å². The highest BCUT2D eigenvalue weighted by molar-refractivity contribution is 7.80. The highest BCUT2D eigenvalue weighted by Crippen LogP contribution is 2.16. The molecule has 1 aromatic carbocycles. The van der Waals surface area contributed by atoms with Gasteiger partial charge in [-0.15, -0.1) is 0 Å². The molecule has 1 heterocycles. The Labute approximate surface area is 92.5 Å². The van der Waals surface area contributed by atoms with Crippen molar-refractivity contribution < 1.29 is 0 Å². The minimum atomic E-state index is 0.259. The van der Waals surface area contributed by atoms with E-state index in [1.54, 1.807) is 10.9 Å². The first kappa shape index (κ1) is 9.67. The van der Waals surface area contributed by atoms with Crippen molar-refractivity contribution in [2.75, 3.05) is 5.73 Å². The molecular formula is C10H10N4S. The van der Waals surface area contributed by atoms with Crippen LogP contribution in [0.15, 0.2) is 36.5 Å². The summed E-state index contributed by atoms with van der Waals surface area (Å²) in [5.41, 5.74) is 12.9. The first-order chi connectivity index (χ1) is 7.20. The third-order valence-electron chi connectivity index (χ3n) is 2.07. The van der Waals surface area contributed by atoms with Crippen LogP contribution in [-0.2, 0) is 0 Å². The molecule has 0 fully saturated rings. The van der Waals surface area contributed by atoms with E-state index in [0.717, 1.165) is 5.69 Å². The lowest BCUT2D eigenvalue weighted by Gasteiger charge is -2.03. The number of aromatic nitrogens is 2. The quantitative estimate of drug-likeness (QED) is 0.740. The molecule has 2 rings (SSSR count). The maximum Gasteiger partial charge on any atom is 0.137 e. The lowest BCUT2D eigenvalue weighted by atomic mass is 10.3. The smallest absolute Gasteiger partial charge is 0.137 e. The maximum atomic E-state index is 5.87. The summed E-state index contributed by atoms with van der Waals surface area (Å²) >= 11 is 4.86. The van der Waals surface area contributed by atoms with Crippen LogP contribution in [0.1, 0.15) is 5.56 Å². The molecule has 4 nitrogen and oxygen atoms in total. The Balaban J connectivity index is 2.52. The summed E-state index contributed by atoms with van der Waals surface area (Å²) in [6, 6.07) is 9.57. The van der Waals surface area contributed by atoms with Crippen LogP contribution in [0.3, 0.4) is 0 Å². The monoisotopic (exact) mass is 218 g/mol. The van der Waals surface area contributed by atoms with Gasteiger partial charge in [0.05, 0.1) is 17.4 Å². The molecule has 0 aliphatic heterocycles. The van der Waals surface area contributed by atoms with Crippen LogP contribution in [0, 0.1) is 0 Å². The molecule has 0 spiro atoms. The second-order valence-corrected chi connectivity index (χ2v) is 3.49. The number of thiocarbonyl (C=S) groups is 1. The van der Waals surface area contributed by atoms with Gasteiger partial charge in [0.15, 0.2) is 0 Å². The molecule has 0 saturated carbocycles. The molecule has 0 aliphatic rings. The van der Waals surface area contributed by atoms with E-state index in [9.17, 15) is 0 Å². The van der Waals surface area contributed by atoms with E-state index < -0.39 is 0 Å². The lowest BCUT2D eigenvalue weighted by molar-refractivity contribution is 0.891. The predicted molar refractivity (Wildman–Crippen MR) is 63.9 cm³/mol. The van der Waals surface area contributed by atoms with Crippen LogP contribution in [0.5, 0.6) is 0 Å². The van der Waals surface area contributed by atoms with E-state index in [4.69, 9.17) is 23.7 Å². The molecule has 5 heteroatoms. The standard InChI is InChI=1S/C10H10N4S/c11-9-8(10(12)15)6-13-14(9)7-4-2-1-3-5-7/h1-6H,11H2,(H2,12,15). The van der Waals surface area contributed by atoms with E-state index in [1.807, 2.05) is 30.3 Å². The van der Waals surface area contributed by atoms with E-state index in [-0.39, 0.29) is 4.99 Å². The largest absolute Gasteiger partial charge is 0.389 e. The zero-order valence-corrected chi connectivity index (χ0v) is 8.74. The normalized spacial score (nSPS) is 10.1. The van der Waals surface area contributed by atoms with Gasteiger partial charge in [0.2, 0.25) is 0 Å². The van der Waals surface area contributed by atoms with Crippen molar-refractivity contribution >= 4 is 23.0 Å². The number of hydrogen-bond donors (Lipinski definition) is 2. The summed E-state index contributed by atoms with van der Waals surface area (Å²) < 4.78 is 1.61. The van der Waals surface area contributed by atoms with Gasteiger partial charge in [-0.1, -0.05) is 30.4 Å². The van der Waals surface area contributed by atoms with Crippen LogP contribution in [0.25, 0.3) is 5.69 Å². The molecule has 76 valence electrons. The van der Waals surface area contributed by atoms with Crippen LogP contribution in [-0.4, -0.2) is 14.8 Å². The average Bonchev–Trinajstić information content (AvgIpc) is 2.61. The van der Waals surface area contributed by atoms with Crippen LogP contribution in [0.2, 0.25) is 0 Å². The molecule has 0 bridgehead atoms. The summed E-state index contributed by atoms with van der Waals surface area (Å²) in [6.07, 6.45) is 1.57. The van der Waals surface area contributed by atoms with E-state index in [0.29, 0.717) is 11.4 Å². The van der Waals surface area contributed by atoms with Gasteiger partial charge in [0.1, 0.15) is 10.8 Å². The Hall–Kier alpha value is -1.88. The van der Waals surface area contributed by atoms with Gasteiger partial charge in [-0.3, -0.25) is 0 Å². The summed E-state index contributed by atoms with van der Waals surface area (Å²) in [4.78, 5) is 0.259. The van der Waals surface area contributed by atoms with Crippen molar-refractivity contribution in [1.82, 2.24) is 9.78 Å². The first-order valence-electron chi connectivity index (χ1n) is 4.39. The van der Waals surface area contributed by atoms with Gasteiger partial charge in [-0.05, 0) is 12.1 Å². The van der Waals surface area contributed by atoms with Crippen molar-refractivity contribution in [2.45, 2.75) is 0 Å². The first-order valence-corrected chi connectivity index (χ1v) is 4.79. The fraction of sp³-hybridized carbons (Fsp3) is 0. The van der Waals surface area contributed by atoms with Gasteiger partial charge in [0, 0.05) is 0 Å². The summed E-state index contributed by atoms with van der Waals surface area (Å²) in [6.45, 7) is 0. The molecule has 2 aromatic rings. The number of nitrogen functional groups attached to an aromatic ring is 1. The SMILES string of the molecule is NC(=S)c1cnn(-c2ccccc2)c1N. The molecule has 0 aliphatic carbocycles. The van der Waals surface area contributed by atoms with Gasteiger partial charge < -0.3 is 11.5 Å². The molecule has 0 atom stereocenters. The second kappa shape index (κ2) is 3.70. The number of hydrogen-bond acceptors (Lipinski definition) is 3. The number of rotatable bonds is 2. The summed E-state index contributed by atoms with van der Waals surface area (Å²) in [5, 5.41) is 4.13. The minimum Gasteiger partial charge on any atom is -0.389 e. The molecule has 1 aromatic heterocycles. The van der Waals surface area contributed by atoms with E-state index in [1.165, 1.54) is 0 Å². The number of anilines is 1. The van der Waals surface area contributed by atoms with Crippen LogP contribution in [0.4, 0.5) is 5.82 Å². The van der Waals surface area contributed by atoms with Crippen LogP contribution < -0.4 is 11.5 Å². The molecule has 0 saturated heterocycles. The van der Waals surface area contributed by atoms with Gasteiger partial charge in [-0.2, -0.15) is 5.10 Å². The number of para-hydroxylation sites is 1. The molecular weight excluding hydrogens is 208 g/mol. The Bertz CT molecular complexity index is 489. The highest BCUT2D eigenvalue weighted by Gasteiger charge is 2.10. The van der Waals surface area contributed by atoms with Gasteiger partial charge in [0.25, 0.3) is 0 Å². The Kier molecular flexibility index (Phi) is 2.39. The summed E-state index contributed by atoms with van der Waals surface area (Å²) in [5.74, 6) is 0.466. The fourth-order valence-corrected chi connectivity index (χ4v) is 1.48. The maximum absolute atomic E-state index is 5.87. The number of nitrogens with zero attached hydrogens (tertiary/aromatic N) is 2. The minimum absolute atomic E-state index is 0.259. The van der Waals surface area contributed by atoms with Crippen molar-refractivity contribution in [2.24, 2.45) is 5.73 Å². The lowest BCUT2D eigenvalue weighted by Crippen LogP contribution is -2.12. The Morgan fingerprint density at radius 2 is 1.93 bits per heavy atom. The highest BCUT2D eigenvalue weighted by atomic mass is 32.1. The van der Waals surface area contributed by atoms with Crippen LogP contribution >= 0.6 is 12.2 Å². The number of benzene rings is 1. The summed E-state index contributed by atoms with van der Waals surface area (Å²) in [7, 11) is 0. The van der Waals surface area contributed by atoms with Crippen molar-refractivity contribution in [3.05, 3.63) is 42.1 Å². The third kappa shape index (κ3) is 1.69. The molecule has 0 unspecified atom stereocenters. The predicted octanol–water partition coefficient (Wildman–Crippen LogP) is 1.09. The zero-order chi connectivity index (χ0) is 10.8. The molecule has 4 N–H and O–H groups in total. The average molecular weight is 218 g/mol. The van der Waals surface area contributed by atoms with E-state index >= 15 is 0 Å². The molecule has 0 amide bonds. The second-order valence-electron chi connectivity index (χ2n) is 3.06. The molecule has 15 heavy (non-hydrogen) atoms. The zero-order valence-electron chi connectivity index (χ0n) is 7.92.